The predicted octanol–water partition coefficient (Wildman–Crippen LogP) is 3.27. The quantitative estimate of drug-likeness (QED) is 0.905. The first kappa shape index (κ1) is 14.7. The van der Waals surface area contributed by atoms with Gasteiger partial charge in [-0.05, 0) is 25.6 Å². The Kier molecular flexibility index (Phi) is 4.88. The van der Waals surface area contributed by atoms with Crippen LogP contribution in [0.2, 0.25) is 0 Å². The summed E-state index contributed by atoms with van der Waals surface area (Å²) in [4.78, 5) is 2.12. The third kappa shape index (κ3) is 3.89. The number of halogens is 1. The van der Waals surface area contributed by atoms with Gasteiger partial charge in [-0.1, -0.05) is 48.0 Å². The highest BCUT2D eigenvalue weighted by Crippen LogP contribution is 2.16. The van der Waals surface area contributed by atoms with Crippen molar-refractivity contribution in [3.8, 4) is 0 Å². The van der Waals surface area contributed by atoms with E-state index in [0.717, 1.165) is 6.54 Å². The molecule has 1 atom stereocenters. The van der Waals surface area contributed by atoms with Crippen LogP contribution in [-0.2, 0) is 6.54 Å². The van der Waals surface area contributed by atoms with Crippen LogP contribution in [0, 0.1) is 12.7 Å². The first-order valence-electron chi connectivity index (χ1n) is 6.80. The van der Waals surface area contributed by atoms with Crippen molar-refractivity contribution in [3.63, 3.8) is 0 Å². The average Bonchev–Trinajstić information content (AvgIpc) is 2.38. The maximum Gasteiger partial charge on any atom is 0.128 e. The van der Waals surface area contributed by atoms with Crippen LogP contribution in [0.1, 0.15) is 22.7 Å². The second-order valence-corrected chi connectivity index (χ2v) is 5.31. The fourth-order valence-electron chi connectivity index (χ4n) is 2.40. The van der Waals surface area contributed by atoms with Gasteiger partial charge in [0.25, 0.3) is 0 Å². The minimum Gasteiger partial charge on any atom is -0.323 e. The number of likely N-dealkylation sites (N-methyl/N-ethyl adjacent to an activating group) is 1. The summed E-state index contributed by atoms with van der Waals surface area (Å²) in [7, 11) is 2.00. The molecule has 0 saturated heterocycles. The van der Waals surface area contributed by atoms with Gasteiger partial charge in [-0.3, -0.25) is 0 Å². The Morgan fingerprint density at radius 2 is 1.90 bits per heavy atom. The lowest BCUT2D eigenvalue weighted by Crippen LogP contribution is -2.29. The Morgan fingerprint density at radius 3 is 2.60 bits per heavy atom. The van der Waals surface area contributed by atoms with Crippen molar-refractivity contribution in [2.45, 2.75) is 19.5 Å². The number of nitrogens with zero attached hydrogens (tertiary/aromatic N) is 1. The zero-order valence-corrected chi connectivity index (χ0v) is 12.0. The van der Waals surface area contributed by atoms with Crippen LogP contribution >= 0.6 is 0 Å². The van der Waals surface area contributed by atoms with Gasteiger partial charge < -0.3 is 10.6 Å². The minimum absolute atomic E-state index is 0.232. The highest BCUT2D eigenvalue weighted by molar-refractivity contribution is 5.23. The van der Waals surface area contributed by atoms with E-state index in [-0.39, 0.29) is 11.9 Å². The number of rotatable bonds is 5. The van der Waals surface area contributed by atoms with Crippen LogP contribution in [0.25, 0.3) is 0 Å². The Bertz CT molecular complexity index is 568. The molecule has 0 aliphatic heterocycles. The maximum absolute atomic E-state index is 13.7. The van der Waals surface area contributed by atoms with E-state index in [1.807, 2.05) is 13.1 Å². The van der Waals surface area contributed by atoms with Crippen molar-refractivity contribution >= 4 is 0 Å². The van der Waals surface area contributed by atoms with E-state index < -0.39 is 0 Å². The largest absolute Gasteiger partial charge is 0.323 e. The Balaban J connectivity index is 1.98. The zero-order valence-electron chi connectivity index (χ0n) is 12.0. The zero-order chi connectivity index (χ0) is 14.5. The van der Waals surface area contributed by atoms with E-state index in [1.165, 1.54) is 17.2 Å². The van der Waals surface area contributed by atoms with Gasteiger partial charge in [0.15, 0.2) is 0 Å². The molecule has 0 bridgehead atoms. The molecule has 0 spiro atoms. The number of aryl methyl sites for hydroxylation is 1. The van der Waals surface area contributed by atoms with Crippen LogP contribution in [0.5, 0.6) is 0 Å². The van der Waals surface area contributed by atoms with Gasteiger partial charge in [-0.25, -0.2) is 4.39 Å². The summed E-state index contributed by atoms with van der Waals surface area (Å²) < 4.78 is 13.7. The molecule has 3 heteroatoms. The Labute approximate surface area is 120 Å². The molecule has 2 aromatic rings. The Morgan fingerprint density at radius 1 is 1.15 bits per heavy atom. The number of nitrogens with two attached hydrogens (primary N) is 1. The third-order valence-electron chi connectivity index (χ3n) is 3.35. The molecule has 2 N–H and O–H groups in total. The minimum atomic E-state index is -0.314. The van der Waals surface area contributed by atoms with E-state index in [2.05, 4.69) is 36.1 Å². The lowest BCUT2D eigenvalue weighted by molar-refractivity contribution is 0.302. The first-order chi connectivity index (χ1) is 9.56. The molecule has 1 unspecified atom stereocenters. The van der Waals surface area contributed by atoms with Crippen molar-refractivity contribution in [2.75, 3.05) is 13.6 Å². The fourth-order valence-corrected chi connectivity index (χ4v) is 2.40. The summed E-state index contributed by atoms with van der Waals surface area (Å²) in [6, 6.07) is 14.8. The molecular formula is C17H21FN2. The molecule has 0 aliphatic rings. The summed E-state index contributed by atoms with van der Waals surface area (Å²) in [5.41, 5.74) is 9.16. The van der Waals surface area contributed by atoms with E-state index in [4.69, 9.17) is 5.73 Å². The summed E-state index contributed by atoms with van der Waals surface area (Å²) in [5, 5.41) is 0. The highest BCUT2D eigenvalue weighted by Gasteiger charge is 2.13. The van der Waals surface area contributed by atoms with Crippen LogP contribution in [0.4, 0.5) is 4.39 Å². The van der Waals surface area contributed by atoms with Crippen molar-refractivity contribution in [2.24, 2.45) is 5.73 Å². The maximum atomic E-state index is 13.7. The molecule has 0 aliphatic carbocycles. The molecule has 0 aromatic heterocycles. The second kappa shape index (κ2) is 6.64. The number of benzene rings is 2. The highest BCUT2D eigenvalue weighted by atomic mass is 19.1. The van der Waals surface area contributed by atoms with Crippen LogP contribution in [0.15, 0.2) is 48.5 Å². The Hall–Kier alpha value is -1.71. The number of hydrogen-bond donors (Lipinski definition) is 1. The SMILES string of the molecule is Cc1cccc(CN(C)CC(N)c2ccccc2F)c1. The molecule has 0 heterocycles. The molecule has 20 heavy (non-hydrogen) atoms. The summed E-state index contributed by atoms with van der Waals surface area (Å²) in [6.07, 6.45) is 0. The predicted molar refractivity (Wildman–Crippen MR) is 80.8 cm³/mol. The molecule has 2 rings (SSSR count). The first-order valence-corrected chi connectivity index (χ1v) is 6.80. The lowest BCUT2D eigenvalue weighted by atomic mass is 10.1. The van der Waals surface area contributed by atoms with E-state index in [0.29, 0.717) is 12.1 Å². The standard InChI is InChI=1S/C17H21FN2/c1-13-6-5-7-14(10-13)11-20(2)12-17(19)15-8-3-4-9-16(15)18/h3-10,17H,11-12,19H2,1-2H3. The van der Waals surface area contributed by atoms with Gasteiger partial charge in [0.05, 0.1) is 0 Å². The van der Waals surface area contributed by atoms with Crippen molar-refractivity contribution < 1.29 is 4.39 Å². The van der Waals surface area contributed by atoms with Crippen LogP contribution in [-0.4, -0.2) is 18.5 Å². The van der Waals surface area contributed by atoms with Crippen molar-refractivity contribution in [1.82, 2.24) is 4.90 Å². The van der Waals surface area contributed by atoms with E-state index in [1.54, 1.807) is 12.1 Å². The summed E-state index contributed by atoms with van der Waals surface area (Å²) in [5.74, 6) is -0.232. The molecule has 2 nitrogen and oxygen atoms in total. The fraction of sp³-hybridized carbons (Fsp3) is 0.294. The normalized spacial score (nSPS) is 12.7. The monoisotopic (exact) mass is 272 g/mol. The molecule has 106 valence electrons. The topological polar surface area (TPSA) is 29.3 Å². The smallest absolute Gasteiger partial charge is 0.128 e. The van der Waals surface area contributed by atoms with Gasteiger partial charge in [0.1, 0.15) is 5.82 Å². The summed E-state index contributed by atoms with van der Waals surface area (Å²) in [6.45, 7) is 3.51. The molecular weight excluding hydrogens is 251 g/mol. The van der Waals surface area contributed by atoms with Crippen molar-refractivity contribution in [1.29, 1.82) is 0 Å². The van der Waals surface area contributed by atoms with Gasteiger partial charge in [0, 0.05) is 24.7 Å². The van der Waals surface area contributed by atoms with Crippen LogP contribution < -0.4 is 5.73 Å². The molecule has 0 saturated carbocycles. The molecule has 2 aromatic carbocycles. The molecule has 0 amide bonds. The average molecular weight is 272 g/mol. The van der Waals surface area contributed by atoms with Gasteiger partial charge in [0.2, 0.25) is 0 Å². The lowest BCUT2D eigenvalue weighted by Gasteiger charge is -2.22. The van der Waals surface area contributed by atoms with E-state index >= 15 is 0 Å². The second-order valence-electron chi connectivity index (χ2n) is 5.31. The molecule has 0 fully saturated rings. The van der Waals surface area contributed by atoms with Gasteiger partial charge in [-0.2, -0.15) is 0 Å². The van der Waals surface area contributed by atoms with Gasteiger partial charge >= 0.3 is 0 Å². The number of hydrogen-bond acceptors (Lipinski definition) is 2. The van der Waals surface area contributed by atoms with Crippen molar-refractivity contribution in [3.05, 3.63) is 71.0 Å². The van der Waals surface area contributed by atoms with E-state index in [9.17, 15) is 4.39 Å². The van der Waals surface area contributed by atoms with Gasteiger partial charge in [-0.15, -0.1) is 0 Å². The third-order valence-corrected chi connectivity index (χ3v) is 3.35. The molecule has 0 radical (unpaired) electrons. The summed E-state index contributed by atoms with van der Waals surface area (Å²) >= 11 is 0. The van der Waals surface area contributed by atoms with Crippen LogP contribution in [0.3, 0.4) is 0 Å².